The molecule has 0 radical (unpaired) electrons. The number of benzene rings is 1. The first kappa shape index (κ1) is 13.6. The van der Waals surface area contributed by atoms with E-state index in [1.165, 1.54) is 6.07 Å². The Labute approximate surface area is 122 Å². The first-order chi connectivity index (χ1) is 10.2. The van der Waals surface area contributed by atoms with Crippen molar-refractivity contribution in [3.8, 4) is 11.5 Å². The van der Waals surface area contributed by atoms with E-state index in [9.17, 15) is 4.39 Å². The van der Waals surface area contributed by atoms with E-state index in [-0.39, 0.29) is 5.82 Å². The first-order valence-corrected chi connectivity index (χ1v) is 6.77. The molecular weight excluding hydrogens is 269 g/mol. The van der Waals surface area contributed by atoms with Crippen molar-refractivity contribution in [3.63, 3.8) is 0 Å². The molecule has 0 saturated carbocycles. The summed E-state index contributed by atoms with van der Waals surface area (Å²) >= 11 is 0. The van der Waals surface area contributed by atoms with Gasteiger partial charge in [-0.1, -0.05) is 18.2 Å². The van der Waals surface area contributed by atoms with Gasteiger partial charge in [-0.25, -0.2) is 4.39 Å². The summed E-state index contributed by atoms with van der Waals surface area (Å²) in [5.74, 6) is 1.41. The van der Waals surface area contributed by atoms with Crippen molar-refractivity contribution in [1.29, 1.82) is 0 Å². The van der Waals surface area contributed by atoms with Crippen LogP contribution in [0.3, 0.4) is 0 Å². The van der Waals surface area contributed by atoms with Gasteiger partial charge in [-0.15, -0.1) is 0 Å². The van der Waals surface area contributed by atoms with Crippen LogP contribution in [0.15, 0.2) is 47.0 Å². The molecule has 0 aliphatic rings. The predicted octanol–water partition coefficient (Wildman–Crippen LogP) is 3.41. The van der Waals surface area contributed by atoms with Gasteiger partial charge in [0.15, 0.2) is 5.76 Å². The van der Waals surface area contributed by atoms with Gasteiger partial charge in [0.05, 0.1) is 6.20 Å². The maximum Gasteiger partial charge on any atom is 0.152 e. The average Bonchev–Trinajstić information content (AvgIpc) is 3.09. The predicted molar refractivity (Wildman–Crippen MR) is 78.0 cm³/mol. The third-order valence-corrected chi connectivity index (χ3v) is 3.29. The van der Waals surface area contributed by atoms with E-state index in [0.29, 0.717) is 18.7 Å². The second-order valence-corrected chi connectivity index (χ2v) is 4.88. The van der Waals surface area contributed by atoms with Crippen molar-refractivity contribution >= 4 is 0 Å². The molecule has 0 bridgehead atoms. The van der Waals surface area contributed by atoms with Crippen LogP contribution < -0.4 is 5.32 Å². The van der Waals surface area contributed by atoms with E-state index in [1.54, 1.807) is 18.3 Å². The number of furan rings is 1. The molecular formula is C16H16FN3O. The number of nitrogens with one attached hydrogen (secondary N) is 2. The molecule has 3 rings (SSSR count). The zero-order chi connectivity index (χ0) is 14.7. The van der Waals surface area contributed by atoms with Crippen LogP contribution in [0.4, 0.5) is 4.39 Å². The standard InChI is InChI=1S/C16H16FN3O/c1-11-6-7-15(21-11)16-13(10-19-20-16)9-18-8-12-4-2-3-5-14(12)17/h2-7,10,18H,8-9H2,1H3,(H,19,20). The summed E-state index contributed by atoms with van der Waals surface area (Å²) in [5, 5.41) is 10.2. The van der Waals surface area contributed by atoms with Crippen molar-refractivity contribution < 1.29 is 8.81 Å². The fourth-order valence-corrected chi connectivity index (χ4v) is 2.20. The Balaban J connectivity index is 1.67. The van der Waals surface area contributed by atoms with E-state index >= 15 is 0 Å². The summed E-state index contributed by atoms with van der Waals surface area (Å²) in [7, 11) is 0. The minimum absolute atomic E-state index is 0.195. The zero-order valence-electron chi connectivity index (χ0n) is 11.7. The van der Waals surface area contributed by atoms with Gasteiger partial charge in [0.2, 0.25) is 0 Å². The summed E-state index contributed by atoms with van der Waals surface area (Å²) in [4.78, 5) is 0. The SMILES string of the molecule is Cc1ccc(-c2[nH]ncc2CNCc2ccccc2F)o1. The first-order valence-electron chi connectivity index (χ1n) is 6.77. The lowest BCUT2D eigenvalue weighted by molar-refractivity contribution is 0.544. The number of H-pyrrole nitrogens is 1. The average molecular weight is 285 g/mol. The van der Waals surface area contributed by atoms with Crippen LogP contribution in [0.25, 0.3) is 11.5 Å². The van der Waals surface area contributed by atoms with E-state index in [0.717, 1.165) is 22.8 Å². The van der Waals surface area contributed by atoms with Gasteiger partial charge >= 0.3 is 0 Å². The minimum atomic E-state index is -0.195. The lowest BCUT2D eigenvalue weighted by Gasteiger charge is -2.05. The van der Waals surface area contributed by atoms with E-state index < -0.39 is 0 Å². The normalized spacial score (nSPS) is 11.0. The number of aromatic amines is 1. The van der Waals surface area contributed by atoms with Crippen molar-refractivity contribution in [2.24, 2.45) is 0 Å². The number of hydrogen-bond donors (Lipinski definition) is 2. The third-order valence-electron chi connectivity index (χ3n) is 3.29. The topological polar surface area (TPSA) is 53.9 Å². The summed E-state index contributed by atoms with van der Waals surface area (Å²) in [6.07, 6.45) is 1.75. The molecule has 0 aliphatic carbocycles. The van der Waals surface area contributed by atoms with Gasteiger partial charge in [-0.2, -0.15) is 5.10 Å². The zero-order valence-corrected chi connectivity index (χ0v) is 11.7. The number of halogens is 1. The van der Waals surface area contributed by atoms with Crippen LogP contribution in [-0.2, 0) is 13.1 Å². The van der Waals surface area contributed by atoms with Crippen LogP contribution >= 0.6 is 0 Å². The Bertz CT molecular complexity index is 732. The molecule has 0 atom stereocenters. The third kappa shape index (κ3) is 3.03. The second-order valence-electron chi connectivity index (χ2n) is 4.88. The van der Waals surface area contributed by atoms with Crippen LogP contribution in [-0.4, -0.2) is 10.2 Å². The molecule has 0 spiro atoms. The molecule has 0 fully saturated rings. The molecule has 0 saturated heterocycles. The molecule has 108 valence electrons. The lowest BCUT2D eigenvalue weighted by Crippen LogP contribution is -2.13. The monoisotopic (exact) mass is 285 g/mol. The highest BCUT2D eigenvalue weighted by Gasteiger charge is 2.11. The summed E-state index contributed by atoms with van der Waals surface area (Å²) < 4.78 is 19.1. The molecule has 5 heteroatoms. The second kappa shape index (κ2) is 5.93. The highest BCUT2D eigenvalue weighted by Crippen LogP contribution is 2.23. The van der Waals surface area contributed by atoms with Crippen molar-refractivity contribution in [1.82, 2.24) is 15.5 Å². The Morgan fingerprint density at radius 1 is 1.14 bits per heavy atom. The molecule has 3 aromatic rings. The van der Waals surface area contributed by atoms with Crippen molar-refractivity contribution in [2.75, 3.05) is 0 Å². The van der Waals surface area contributed by atoms with E-state index in [4.69, 9.17) is 4.42 Å². The fraction of sp³-hybridized carbons (Fsp3) is 0.188. The van der Waals surface area contributed by atoms with E-state index in [2.05, 4.69) is 15.5 Å². The molecule has 4 nitrogen and oxygen atoms in total. The Morgan fingerprint density at radius 2 is 1.95 bits per heavy atom. The summed E-state index contributed by atoms with van der Waals surface area (Å²) in [5.41, 5.74) is 2.49. The molecule has 0 unspecified atom stereocenters. The largest absolute Gasteiger partial charge is 0.460 e. The van der Waals surface area contributed by atoms with Crippen molar-refractivity contribution in [2.45, 2.75) is 20.0 Å². The number of hydrogen-bond acceptors (Lipinski definition) is 3. The van der Waals surface area contributed by atoms with Crippen LogP contribution in [0.1, 0.15) is 16.9 Å². The van der Waals surface area contributed by atoms with Crippen LogP contribution in [0, 0.1) is 12.7 Å². The van der Waals surface area contributed by atoms with Gasteiger partial charge < -0.3 is 9.73 Å². The smallest absolute Gasteiger partial charge is 0.152 e. The maximum absolute atomic E-state index is 13.5. The molecule has 0 amide bonds. The maximum atomic E-state index is 13.5. The van der Waals surface area contributed by atoms with Gasteiger partial charge in [0.1, 0.15) is 17.3 Å². The van der Waals surface area contributed by atoms with Crippen LogP contribution in [0.5, 0.6) is 0 Å². The van der Waals surface area contributed by atoms with Crippen LogP contribution in [0.2, 0.25) is 0 Å². The number of aryl methyl sites for hydroxylation is 1. The molecule has 1 aromatic carbocycles. The molecule has 21 heavy (non-hydrogen) atoms. The van der Waals surface area contributed by atoms with Gasteiger partial charge in [0.25, 0.3) is 0 Å². The quantitative estimate of drug-likeness (QED) is 0.755. The molecule has 2 aromatic heterocycles. The highest BCUT2D eigenvalue weighted by molar-refractivity contribution is 5.56. The van der Waals surface area contributed by atoms with Gasteiger partial charge in [-0.3, -0.25) is 5.10 Å². The molecule has 0 aliphatic heterocycles. The Hall–Kier alpha value is -2.40. The highest BCUT2D eigenvalue weighted by atomic mass is 19.1. The molecule has 2 N–H and O–H groups in total. The molecule has 2 heterocycles. The van der Waals surface area contributed by atoms with Crippen molar-refractivity contribution in [3.05, 3.63) is 65.3 Å². The fourth-order valence-electron chi connectivity index (χ4n) is 2.20. The Kier molecular flexibility index (Phi) is 3.83. The Morgan fingerprint density at radius 3 is 2.71 bits per heavy atom. The number of rotatable bonds is 5. The van der Waals surface area contributed by atoms with Gasteiger partial charge in [-0.05, 0) is 25.1 Å². The van der Waals surface area contributed by atoms with Gasteiger partial charge in [0, 0.05) is 24.2 Å². The minimum Gasteiger partial charge on any atom is -0.460 e. The number of aromatic nitrogens is 2. The lowest BCUT2D eigenvalue weighted by atomic mass is 10.2. The summed E-state index contributed by atoms with van der Waals surface area (Å²) in [6, 6.07) is 10.6. The number of nitrogens with zero attached hydrogens (tertiary/aromatic N) is 1. The summed E-state index contributed by atoms with van der Waals surface area (Å²) in [6.45, 7) is 2.95. The van der Waals surface area contributed by atoms with E-state index in [1.807, 2.05) is 25.1 Å².